The molecule has 90 valence electrons. The van der Waals surface area contributed by atoms with E-state index in [1.54, 1.807) is 6.92 Å². The Morgan fingerprint density at radius 1 is 1.31 bits per heavy atom. The first-order chi connectivity index (χ1) is 7.42. The van der Waals surface area contributed by atoms with E-state index in [4.69, 9.17) is 0 Å². The Kier molecular flexibility index (Phi) is 4.09. The number of pyridine rings is 1. The van der Waals surface area contributed by atoms with Gasteiger partial charge in [0.25, 0.3) is 0 Å². The minimum absolute atomic E-state index is 0.0131. The van der Waals surface area contributed by atoms with Gasteiger partial charge in [-0.15, -0.1) is 0 Å². The maximum Gasteiger partial charge on any atom is 0.405 e. The van der Waals surface area contributed by atoms with Crippen molar-refractivity contribution in [2.45, 2.75) is 19.5 Å². The van der Waals surface area contributed by atoms with Crippen LogP contribution in [0.4, 0.5) is 23.4 Å². The van der Waals surface area contributed by atoms with Crippen LogP contribution < -0.4 is 4.90 Å². The average molecular weight is 236 g/mol. The molecule has 0 aliphatic heterocycles. The lowest BCUT2D eigenvalue weighted by molar-refractivity contribution is -0.119. The molecule has 0 fully saturated rings. The molecule has 0 bridgehead atoms. The van der Waals surface area contributed by atoms with Crippen molar-refractivity contribution in [3.63, 3.8) is 0 Å². The molecule has 1 aromatic rings. The van der Waals surface area contributed by atoms with Crippen molar-refractivity contribution < 1.29 is 17.6 Å². The summed E-state index contributed by atoms with van der Waals surface area (Å²) in [6.45, 7) is 0.829. The third-order valence-electron chi connectivity index (χ3n) is 1.89. The van der Waals surface area contributed by atoms with Gasteiger partial charge < -0.3 is 4.90 Å². The predicted octanol–water partition coefficient (Wildman–Crippen LogP) is 3.00. The zero-order valence-electron chi connectivity index (χ0n) is 8.76. The quantitative estimate of drug-likeness (QED) is 0.590. The molecule has 0 spiro atoms. The molecule has 0 saturated carbocycles. The van der Waals surface area contributed by atoms with E-state index < -0.39 is 18.7 Å². The van der Waals surface area contributed by atoms with Gasteiger partial charge in [-0.2, -0.15) is 17.6 Å². The van der Waals surface area contributed by atoms with Crippen molar-refractivity contribution in [2.75, 3.05) is 18.0 Å². The van der Waals surface area contributed by atoms with E-state index >= 15 is 0 Å². The fraction of sp³-hybridized carbons (Fsp3) is 0.500. The molecule has 0 atom stereocenters. The Morgan fingerprint density at radius 2 is 2.00 bits per heavy atom. The minimum atomic E-state index is -4.32. The minimum Gasteiger partial charge on any atom is -0.347 e. The molecule has 0 radical (unpaired) electrons. The monoisotopic (exact) mass is 236 g/mol. The Bertz CT molecular complexity index is 338. The van der Waals surface area contributed by atoms with Crippen LogP contribution in [0.15, 0.2) is 18.2 Å². The van der Waals surface area contributed by atoms with Gasteiger partial charge in [0.05, 0.1) is 0 Å². The van der Waals surface area contributed by atoms with Crippen LogP contribution in [0.25, 0.3) is 0 Å². The Balaban J connectivity index is 2.85. The van der Waals surface area contributed by atoms with Gasteiger partial charge in [0, 0.05) is 6.54 Å². The van der Waals surface area contributed by atoms with Gasteiger partial charge in [0.15, 0.2) is 0 Å². The molecule has 16 heavy (non-hydrogen) atoms. The molecule has 0 amide bonds. The Morgan fingerprint density at radius 3 is 2.50 bits per heavy atom. The van der Waals surface area contributed by atoms with E-state index in [1.807, 2.05) is 0 Å². The van der Waals surface area contributed by atoms with Crippen LogP contribution in [0.1, 0.15) is 13.3 Å². The number of anilines is 1. The molecule has 6 heteroatoms. The molecular formula is C10H12F4N2. The molecule has 2 nitrogen and oxygen atoms in total. The summed E-state index contributed by atoms with van der Waals surface area (Å²) in [4.78, 5) is 4.45. The highest BCUT2D eigenvalue weighted by Crippen LogP contribution is 2.20. The van der Waals surface area contributed by atoms with Crippen LogP contribution >= 0.6 is 0 Å². The molecule has 0 saturated heterocycles. The second kappa shape index (κ2) is 5.14. The molecule has 0 aromatic carbocycles. The summed E-state index contributed by atoms with van der Waals surface area (Å²) in [5.41, 5.74) is 0. The fourth-order valence-corrected chi connectivity index (χ4v) is 1.33. The standard InChI is InChI=1S/C10H12F4N2/c1-2-6-16(7-10(12,13)14)9-5-3-4-8(11)15-9/h3-5H,2,6-7H2,1H3. The SMILES string of the molecule is CCCN(CC(F)(F)F)c1cccc(F)n1. The van der Waals surface area contributed by atoms with E-state index in [1.165, 1.54) is 12.1 Å². The molecule has 0 aliphatic carbocycles. The largest absolute Gasteiger partial charge is 0.405 e. The maximum absolute atomic E-state index is 12.8. The number of hydrogen-bond donors (Lipinski definition) is 0. The summed E-state index contributed by atoms with van der Waals surface area (Å²) >= 11 is 0. The van der Waals surface area contributed by atoms with Crippen LogP contribution in [0, 0.1) is 5.95 Å². The Labute approximate surface area is 90.9 Å². The Hall–Kier alpha value is -1.33. The molecule has 0 unspecified atom stereocenters. The molecule has 1 heterocycles. The normalized spacial score (nSPS) is 11.6. The summed E-state index contributed by atoms with van der Waals surface area (Å²) in [5, 5.41) is 0. The summed E-state index contributed by atoms with van der Waals surface area (Å²) in [6.07, 6.45) is -3.78. The molecule has 1 rings (SSSR count). The summed E-state index contributed by atoms with van der Waals surface area (Å²) in [6, 6.07) is 3.81. The summed E-state index contributed by atoms with van der Waals surface area (Å²) in [5.74, 6) is -0.764. The van der Waals surface area contributed by atoms with Crippen molar-refractivity contribution in [3.8, 4) is 0 Å². The lowest BCUT2D eigenvalue weighted by Gasteiger charge is -2.24. The zero-order valence-corrected chi connectivity index (χ0v) is 8.76. The van der Waals surface area contributed by atoms with Crippen molar-refractivity contribution in [1.82, 2.24) is 4.98 Å². The van der Waals surface area contributed by atoms with Crippen molar-refractivity contribution in [3.05, 3.63) is 24.1 Å². The maximum atomic E-state index is 12.8. The van der Waals surface area contributed by atoms with Gasteiger partial charge in [0.1, 0.15) is 12.4 Å². The van der Waals surface area contributed by atoms with Crippen LogP contribution in [-0.4, -0.2) is 24.2 Å². The van der Waals surface area contributed by atoms with Crippen LogP contribution in [-0.2, 0) is 0 Å². The molecule has 0 N–H and O–H groups in total. The van der Waals surface area contributed by atoms with Gasteiger partial charge in [-0.25, -0.2) is 4.98 Å². The van der Waals surface area contributed by atoms with Gasteiger partial charge in [-0.05, 0) is 18.6 Å². The van der Waals surface area contributed by atoms with E-state index in [9.17, 15) is 17.6 Å². The highest BCUT2D eigenvalue weighted by Gasteiger charge is 2.31. The average Bonchev–Trinajstić information content (AvgIpc) is 2.15. The van der Waals surface area contributed by atoms with Crippen molar-refractivity contribution >= 4 is 5.82 Å². The number of rotatable bonds is 4. The zero-order chi connectivity index (χ0) is 12.2. The highest BCUT2D eigenvalue weighted by atomic mass is 19.4. The molecule has 1 aromatic heterocycles. The number of alkyl halides is 3. The lowest BCUT2D eigenvalue weighted by atomic mass is 10.3. The van der Waals surface area contributed by atoms with Gasteiger partial charge in [-0.1, -0.05) is 13.0 Å². The van der Waals surface area contributed by atoms with Gasteiger partial charge in [-0.3, -0.25) is 0 Å². The van der Waals surface area contributed by atoms with E-state index in [2.05, 4.69) is 4.98 Å². The van der Waals surface area contributed by atoms with E-state index in [0.717, 1.165) is 11.0 Å². The lowest BCUT2D eigenvalue weighted by Crippen LogP contribution is -2.35. The van der Waals surface area contributed by atoms with Gasteiger partial charge >= 0.3 is 6.18 Å². The summed E-state index contributed by atoms with van der Waals surface area (Å²) in [7, 11) is 0. The third-order valence-corrected chi connectivity index (χ3v) is 1.89. The fourth-order valence-electron chi connectivity index (χ4n) is 1.33. The topological polar surface area (TPSA) is 16.1 Å². The molecular weight excluding hydrogens is 224 g/mol. The first-order valence-corrected chi connectivity index (χ1v) is 4.86. The third kappa shape index (κ3) is 4.04. The number of hydrogen-bond acceptors (Lipinski definition) is 2. The van der Waals surface area contributed by atoms with E-state index in [-0.39, 0.29) is 12.4 Å². The second-order valence-electron chi connectivity index (χ2n) is 3.36. The van der Waals surface area contributed by atoms with Crippen molar-refractivity contribution in [2.24, 2.45) is 0 Å². The molecule has 0 aliphatic rings. The van der Waals surface area contributed by atoms with Crippen LogP contribution in [0.5, 0.6) is 0 Å². The van der Waals surface area contributed by atoms with Crippen molar-refractivity contribution in [1.29, 1.82) is 0 Å². The highest BCUT2D eigenvalue weighted by molar-refractivity contribution is 5.38. The van der Waals surface area contributed by atoms with Gasteiger partial charge in [0.2, 0.25) is 5.95 Å². The number of halogens is 4. The predicted molar refractivity (Wildman–Crippen MR) is 52.8 cm³/mol. The summed E-state index contributed by atoms with van der Waals surface area (Å²) < 4.78 is 49.5. The smallest absolute Gasteiger partial charge is 0.347 e. The first-order valence-electron chi connectivity index (χ1n) is 4.86. The van der Waals surface area contributed by atoms with Crippen LogP contribution in [0.3, 0.4) is 0 Å². The number of nitrogens with zero attached hydrogens (tertiary/aromatic N) is 2. The first kappa shape index (κ1) is 12.7. The second-order valence-corrected chi connectivity index (χ2v) is 3.36. The van der Waals surface area contributed by atoms with Crippen LogP contribution in [0.2, 0.25) is 0 Å². The number of aromatic nitrogens is 1. The van der Waals surface area contributed by atoms with E-state index in [0.29, 0.717) is 6.42 Å².